The molecule has 1 fully saturated rings. The third kappa shape index (κ3) is 2.16. The quantitative estimate of drug-likeness (QED) is 0.785. The first-order valence-electron chi connectivity index (χ1n) is 4.40. The van der Waals surface area contributed by atoms with Gasteiger partial charge in [0.1, 0.15) is 0 Å². The van der Waals surface area contributed by atoms with Crippen LogP contribution in [-0.2, 0) is 4.74 Å². The fourth-order valence-electron chi connectivity index (χ4n) is 1.35. The zero-order valence-electron chi connectivity index (χ0n) is 7.53. The lowest BCUT2D eigenvalue weighted by Gasteiger charge is -2.26. The van der Waals surface area contributed by atoms with Gasteiger partial charge in [-0.05, 0) is 28.1 Å². The lowest BCUT2D eigenvalue weighted by Crippen LogP contribution is -2.40. The van der Waals surface area contributed by atoms with Crippen molar-refractivity contribution in [2.45, 2.75) is 0 Å². The van der Waals surface area contributed by atoms with Crippen molar-refractivity contribution in [3.8, 4) is 0 Å². The minimum atomic E-state index is 0.115. The summed E-state index contributed by atoms with van der Waals surface area (Å²) in [6.45, 7) is 2.71. The van der Waals surface area contributed by atoms with Crippen molar-refractivity contribution in [3.63, 3.8) is 0 Å². The molecule has 1 saturated heterocycles. The Morgan fingerprint density at radius 1 is 1.43 bits per heavy atom. The Bertz CT molecular complexity index is 333. The summed E-state index contributed by atoms with van der Waals surface area (Å²) in [5.74, 6) is 0.115. The summed E-state index contributed by atoms with van der Waals surface area (Å²) in [7, 11) is 0. The number of morpholine rings is 1. The summed E-state index contributed by atoms with van der Waals surface area (Å²) < 4.78 is 6.19. The van der Waals surface area contributed by atoms with E-state index in [1.165, 1.54) is 11.3 Å². The van der Waals surface area contributed by atoms with Crippen LogP contribution in [0, 0.1) is 0 Å². The van der Waals surface area contributed by atoms with Gasteiger partial charge in [0.15, 0.2) is 0 Å². The summed E-state index contributed by atoms with van der Waals surface area (Å²) in [5.41, 5.74) is 0. The van der Waals surface area contributed by atoms with Crippen molar-refractivity contribution in [2.24, 2.45) is 0 Å². The summed E-state index contributed by atoms with van der Waals surface area (Å²) in [6, 6.07) is 3.75. The van der Waals surface area contributed by atoms with Gasteiger partial charge in [-0.25, -0.2) is 0 Å². The van der Waals surface area contributed by atoms with E-state index >= 15 is 0 Å². The first-order chi connectivity index (χ1) is 6.77. The molecule has 0 bridgehead atoms. The number of thiophene rings is 1. The van der Waals surface area contributed by atoms with E-state index in [0.29, 0.717) is 26.3 Å². The molecule has 0 N–H and O–H groups in total. The molecular weight excluding hydrogens is 266 g/mol. The SMILES string of the molecule is O=C(c1ccc(Br)s1)N1CCOCC1. The number of carbonyl (C=O) groups is 1. The molecule has 0 spiro atoms. The smallest absolute Gasteiger partial charge is 0.264 e. The molecule has 14 heavy (non-hydrogen) atoms. The first kappa shape index (κ1) is 10.1. The Hall–Kier alpha value is -0.390. The largest absolute Gasteiger partial charge is 0.378 e. The second-order valence-electron chi connectivity index (χ2n) is 3.01. The van der Waals surface area contributed by atoms with Crippen LogP contribution in [0.3, 0.4) is 0 Å². The molecule has 1 amide bonds. The van der Waals surface area contributed by atoms with Crippen LogP contribution in [-0.4, -0.2) is 37.1 Å². The van der Waals surface area contributed by atoms with Gasteiger partial charge >= 0.3 is 0 Å². The van der Waals surface area contributed by atoms with Gasteiger partial charge in [0.2, 0.25) is 0 Å². The minimum Gasteiger partial charge on any atom is -0.378 e. The molecular formula is C9H10BrNO2S. The Balaban J connectivity index is 2.07. The first-order valence-corrected chi connectivity index (χ1v) is 6.00. The lowest BCUT2D eigenvalue weighted by molar-refractivity contribution is 0.0306. The van der Waals surface area contributed by atoms with Gasteiger partial charge in [-0.3, -0.25) is 4.79 Å². The molecule has 0 unspecified atom stereocenters. The molecule has 1 aromatic heterocycles. The van der Waals surface area contributed by atoms with E-state index in [1.807, 2.05) is 17.0 Å². The molecule has 2 heterocycles. The van der Waals surface area contributed by atoms with Crippen LogP contribution in [0.5, 0.6) is 0 Å². The predicted molar refractivity (Wildman–Crippen MR) is 58.7 cm³/mol. The van der Waals surface area contributed by atoms with Gasteiger partial charge < -0.3 is 9.64 Å². The minimum absolute atomic E-state index is 0.115. The highest BCUT2D eigenvalue weighted by Crippen LogP contribution is 2.23. The van der Waals surface area contributed by atoms with Crippen molar-refractivity contribution in [1.82, 2.24) is 4.90 Å². The van der Waals surface area contributed by atoms with Crippen molar-refractivity contribution >= 4 is 33.2 Å². The zero-order valence-corrected chi connectivity index (χ0v) is 9.94. The number of halogens is 1. The molecule has 1 aliphatic rings. The van der Waals surface area contributed by atoms with Crippen molar-refractivity contribution < 1.29 is 9.53 Å². The Morgan fingerprint density at radius 3 is 2.71 bits per heavy atom. The van der Waals surface area contributed by atoms with Gasteiger partial charge in [-0.2, -0.15) is 0 Å². The van der Waals surface area contributed by atoms with E-state index in [-0.39, 0.29) is 5.91 Å². The lowest BCUT2D eigenvalue weighted by atomic mass is 10.3. The molecule has 3 nitrogen and oxygen atoms in total. The van der Waals surface area contributed by atoms with Crippen LogP contribution < -0.4 is 0 Å². The maximum Gasteiger partial charge on any atom is 0.264 e. The molecule has 0 radical (unpaired) electrons. The van der Waals surface area contributed by atoms with Crippen LogP contribution in [0.4, 0.5) is 0 Å². The molecule has 5 heteroatoms. The van der Waals surface area contributed by atoms with Gasteiger partial charge in [0.25, 0.3) is 5.91 Å². The topological polar surface area (TPSA) is 29.5 Å². The van der Waals surface area contributed by atoms with Crippen LogP contribution >= 0.6 is 27.3 Å². The fourth-order valence-corrected chi connectivity index (χ4v) is 2.71. The summed E-state index contributed by atoms with van der Waals surface area (Å²) in [6.07, 6.45) is 0. The van der Waals surface area contributed by atoms with Gasteiger partial charge in [-0.15, -0.1) is 11.3 Å². The number of hydrogen-bond donors (Lipinski definition) is 0. The summed E-state index contributed by atoms with van der Waals surface area (Å²) in [4.78, 5) is 14.5. The van der Waals surface area contributed by atoms with E-state index in [2.05, 4.69) is 15.9 Å². The van der Waals surface area contributed by atoms with E-state index in [0.717, 1.165) is 8.66 Å². The molecule has 76 valence electrons. The van der Waals surface area contributed by atoms with Crippen LogP contribution in [0.25, 0.3) is 0 Å². The number of ether oxygens (including phenoxy) is 1. The highest BCUT2D eigenvalue weighted by atomic mass is 79.9. The highest BCUT2D eigenvalue weighted by Gasteiger charge is 2.19. The molecule has 0 saturated carbocycles. The maximum absolute atomic E-state index is 11.9. The Kier molecular flexibility index (Phi) is 3.20. The average Bonchev–Trinajstić information content (AvgIpc) is 2.65. The monoisotopic (exact) mass is 275 g/mol. The van der Waals surface area contributed by atoms with Crippen LogP contribution in [0.15, 0.2) is 15.9 Å². The van der Waals surface area contributed by atoms with Crippen LogP contribution in [0.1, 0.15) is 9.67 Å². The second-order valence-corrected chi connectivity index (χ2v) is 5.47. The number of amides is 1. The summed E-state index contributed by atoms with van der Waals surface area (Å²) in [5, 5.41) is 0. The molecule has 1 aromatic rings. The predicted octanol–water partition coefficient (Wildman–Crippen LogP) is 1.98. The van der Waals surface area contributed by atoms with Gasteiger partial charge in [0.05, 0.1) is 21.9 Å². The highest BCUT2D eigenvalue weighted by molar-refractivity contribution is 9.11. The van der Waals surface area contributed by atoms with Crippen molar-refractivity contribution in [2.75, 3.05) is 26.3 Å². The van der Waals surface area contributed by atoms with Gasteiger partial charge in [0, 0.05) is 13.1 Å². The average molecular weight is 276 g/mol. The third-order valence-corrected chi connectivity index (χ3v) is 3.69. The Morgan fingerprint density at radius 2 is 2.14 bits per heavy atom. The second kappa shape index (κ2) is 4.42. The van der Waals surface area contributed by atoms with Crippen LogP contribution in [0.2, 0.25) is 0 Å². The van der Waals surface area contributed by atoms with E-state index in [4.69, 9.17) is 4.74 Å². The number of rotatable bonds is 1. The molecule has 2 rings (SSSR count). The molecule has 0 aromatic carbocycles. The van der Waals surface area contributed by atoms with E-state index < -0.39 is 0 Å². The maximum atomic E-state index is 11.9. The van der Waals surface area contributed by atoms with Gasteiger partial charge in [-0.1, -0.05) is 0 Å². The zero-order chi connectivity index (χ0) is 9.97. The summed E-state index contributed by atoms with van der Waals surface area (Å²) >= 11 is 4.82. The number of carbonyl (C=O) groups excluding carboxylic acids is 1. The normalized spacial score (nSPS) is 17.1. The van der Waals surface area contributed by atoms with E-state index in [9.17, 15) is 4.79 Å². The van der Waals surface area contributed by atoms with E-state index in [1.54, 1.807) is 0 Å². The number of hydrogen-bond acceptors (Lipinski definition) is 3. The third-order valence-electron chi connectivity index (χ3n) is 2.08. The molecule has 0 aliphatic carbocycles. The fraction of sp³-hybridized carbons (Fsp3) is 0.444. The molecule has 0 atom stereocenters. The Labute approximate surface area is 94.8 Å². The van der Waals surface area contributed by atoms with Crippen molar-refractivity contribution in [3.05, 3.63) is 20.8 Å². The molecule has 1 aliphatic heterocycles. The number of nitrogens with zero attached hydrogens (tertiary/aromatic N) is 1. The standard InChI is InChI=1S/C9H10BrNO2S/c10-8-2-1-7(14-8)9(12)11-3-5-13-6-4-11/h1-2H,3-6H2. The van der Waals surface area contributed by atoms with Crippen molar-refractivity contribution in [1.29, 1.82) is 0 Å².